The van der Waals surface area contributed by atoms with Crippen molar-refractivity contribution in [3.05, 3.63) is 35.4 Å². The van der Waals surface area contributed by atoms with Gasteiger partial charge in [0, 0.05) is 26.1 Å². The highest BCUT2D eigenvalue weighted by Crippen LogP contribution is 2.14. The van der Waals surface area contributed by atoms with Gasteiger partial charge in [0.2, 0.25) is 11.8 Å². The van der Waals surface area contributed by atoms with Crippen LogP contribution in [0.3, 0.4) is 0 Å². The third kappa shape index (κ3) is 4.56. The lowest BCUT2D eigenvalue weighted by molar-refractivity contribution is -0.128. The van der Waals surface area contributed by atoms with Crippen molar-refractivity contribution in [1.29, 1.82) is 0 Å². The Morgan fingerprint density at radius 3 is 2.59 bits per heavy atom. The molecule has 2 amide bonds. The molecule has 3 N–H and O–H groups in total. The van der Waals surface area contributed by atoms with E-state index in [2.05, 4.69) is 5.32 Å². The van der Waals surface area contributed by atoms with Crippen LogP contribution in [-0.2, 0) is 22.7 Å². The first-order valence-corrected chi connectivity index (χ1v) is 7.99. The predicted octanol–water partition coefficient (Wildman–Crippen LogP) is 1.55. The number of hydrogen-bond donors (Lipinski definition) is 2. The van der Waals surface area contributed by atoms with Crippen LogP contribution in [0.15, 0.2) is 24.3 Å². The van der Waals surface area contributed by atoms with E-state index in [1.165, 1.54) is 0 Å². The zero-order valence-electron chi connectivity index (χ0n) is 13.2. The van der Waals surface area contributed by atoms with E-state index in [0.29, 0.717) is 25.9 Å². The number of nitrogens with two attached hydrogens (primary N) is 1. The van der Waals surface area contributed by atoms with E-state index in [1.807, 2.05) is 36.1 Å². The molecule has 1 aromatic rings. The standard InChI is InChI=1S/C17H25N3O2/c1-2-4-15(18)17(22)19-11-13-6-8-14(9-7-13)12-20-10-3-5-16(20)21/h6-9,15H,2-5,10-12,18H2,1H3,(H,19,22). The van der Waals surface area contributed by atoms with Crippen LogP contribution < -0.4 is 11.1 Å². The summed E-state index contributed by atoms with van der Waals surface area (Å²) in [6, 6.07) is 7.58. The Labute approximate surface area is 131 Å². The molecule has 1 aliphatic heterocycles. The van der Waals surface area contributed by atoms with Gasteiger partial charge in [0.1, 0.15) is 0 Å². The van der Waals surface area contributed by atoms with Crippen LogP contribution in [-0.4, -0.2) is 29.3 Å². The summed E-state index contributed by atoms with van der Waals surface area (Å²) in [7, 11) is 0. The molecule has 0 aliphatic carbocycles. The number of nitrogens with one attached hydrogen (secondary N) is 1. The first-order valence-electron chi connectivity index (χ1n) is 7.99. The third-order valence-electron chi connectivity index (χ3n) is 3.97. The number of carbonyl (C=O) groups is 2. The summed E-state index contributed by atoms with van der Waals surface area (Å²) in [6.45, 7) is 4.02. The second-order valence-corrected chi connectivity index (χ2v) is 5.85. The molecule has 0 bridgehead atoms. The van der Waals surface area contributed by atoms with Gasteiger partial charge in [0.25, 0.3) is 0 Å². The topological polar surface area (TPSA) is 75.4 Å². The van der Waals surface area contributed by atoms with E-state index >= 15 is 0 Å². The van der Waals surface area contributed by atoms with Crippen LogP contribution in [0.4, 0.5) is 0 Å². The van der Waals surface area contributed by atoms with E-state index < -0.39 is 6.04 Å². The Hall–Kier alpha value is -1.88. The van der Waals surface area contributed by atoms with Crippen molar-refractivity contribution in [1.82, 2.24) is 10.2 Å². The molecule has 0 aromatic heterocycles. The lowest BCUT2D eigenvalue weighted by Gasteiger charge is -2.16. The van der Waals surface area contributed by atoms with Gasteiger partial charge in [-0.25, -0.2) is 0 Å². The fourth-order valence-electron chi connectivity index (χ4n) is 2.62. The predicted molar refractivity (Wildman–Crippen MR) is 85.8 cm³/mol. The second kappa shape index (κ2) is 7.94. The number of nitrogens with zero attached hydrogens (tertiary/aromatic N) is 1. The summed E-state index contributed by atoms with van der Waals surface area (Å²) in [5, 5.41) is 2.85. The van der Waals surface area contributed by atoms with Gasteiger partial charge in [-0.2, -0.15) is 0 Å². The zero-order valence-corrected chi connectivity index (χ0v) is 13.2. The third-order valence-corrected chi connectivity index (χ3v) is 3.97. The van der Waals surface area contributed by atoms with E-state index in [-0.39, 0.29) is 11.8 Å². The smallest absolute Gasteiger partial charge is 0.237 e. The molecule has 0 saturated carbocycles. The molecule has 0 spiro atoms. The highest BCUT2D eigenvalue weighted by Gasteiger charge is 2.19. The Kier molecular flexibility index (Phi) is 5.95. The molecule has 1 aliphatic rings. The highest BCUT2D eigenvalue weighted by molar-refractivity contribution is 5.81. The molecule has 1 aromatic carbocycles. The molecule has 120 valence electrons. The van der Waals surface area contributed by atoms with Crippen LogP contribution in [0.2, 0.25) is 0 Å². The van der Waals surface area contributed by atoms with Gasteiger partial charge in [-0.3, -0.25) is 9.59 Å². The Morgan fingerprint density at radius 2 is 2.00 bits per heavy atom. The van der Waals surface area contributed by atoms with Gasteiger partial charge in [-0.1, -0.05) is 37.6 Å². The minimum absolute atomic E-state index is 0.103. The number of amides is 2. The maximum Gasteiger partial charge on any atom is 0.237 e. The number of rotatable bonds is 7. The summed E-state index contributed by atoms with van der Waals surface area (Å²) >= 11 is 0. The molecule has 22 heavy (non-hydrogen) atoms. The van der Waals surface area contributed by atoms with Crippen LogP contribution in [0, 0.1) is 0 Å². The second-order valence-electron chi connectivity index (χ2n) is 5.85. The number of likely N-dealkylation sites (tertiary alicyclic amines) is 1. The number of hydrogen-bond acceptors (Lipinski definition) is 3. The summed E-state index contributed by atoms with van der Waals surface area (Å²) < 4.78 is 0. The van der Waals surface area contributed by atoms with Crippen molar-refractivity contribution in [2.24, 2.45) is 5.73 Å². The van der Waals surface area contributed by atoms with Gasteiger partial charge in [-0.05, 0) is 24.0 Å². The van der Waals surface area contributed by atoms with Gasteiger partial charge in [0.15, 0.2) is 0 Å². The van der Waals surface area contributed by atoms with E-state index in [4.69, 9.17) is 5.73 Å². The molecule has 0 radical (unpaired) electrons. The summed E-state index contributed by atoms with van der Waals surface area (Å²) in [4.78, 5) is 25.3. The molecule has 5 nitrogen and oxygen atoms in total. The number of carbonyl (C=O) groups excluding carboxylic acids is 2. The lowest BCUT2D eigenvalue weighted by atomic mass is 10.1. The monoisotopic (exact) mass is 303 g/mol. The zero-order chi connectivity index (χ0) is 15.9. The van der Waals surface area contributed by atoms with Crippen molar-refractivity contribution in [3.63, 3.8) is 0 Å². The quantitative estimate of drug-likeness (QED) is 0.802. The first-order chi connectivity index (χ1) is 10.6. The molecule has 5 heteroatoms. The van der Waals surface area contributed by atoms with Crippen LogP contribution in [0.5, 0.6) is 0 Å². The molecule has 1 atom stereocenters. The van der Waals surface area contributed by atoms with Crippen molar-refractivity contribution in [2.75, 3.05) is 6.54 Å². The van der Waals surface area contributed by atoms with Crippen molar-refractivity contribution in [3.8, 4) is 0 Å². The SMILES string of the molecule is CCCC(N)C(=O)NCc1ccc(CN2CCCC2=O)cc1. The fraction of sp³-hybridized carbons (Fsp3) is 0.529. The molecule has 1 heterocycles. The normalized spacial score (nSPS) is 15.9. The summed E-state index contributed by atoms with van der Waals surface area (Å²) in [5.41, 5.74) is 7.93. The maximum absolute atomic E-state index is 11.8. The fourth-order valence-corrected chi connectivity index (χ4v) is 2.62. The average Bonchev–Trinajstić information content (AvgIpc) is 2.91. The number of benzene rings is 1. The van der Waals surface area contributed by atoms with E-state index in [1.54, 1.807) is 0 Å². The van der Waals surface area contributed by atoms with Gasteiger partial charge in [0.05, 0.1) is 6.04 Å². The van der Waals surface area contributed by atoms with Gasteiger partial charge in [-0.15, -0.1) is 0 Å². The molecule has 1 fully saturated rings. The van der Waals surface area contributed by atoms with E-state index in [9.17, 15) is 9.59 Å². The van der Waals surface area contributed by atoms with Gasteiger partial charge >= 0.3 is 0 Å². The summed E-state index contributed by atoms with van der Waals surface area (Å²) in [6.07, 6.45) is 3.23. The summed E-state index contributed by atoms with van der Waals surface area (Å²) in [5.74, 6) is 0.134. The Morgan fingerprint density at radius 1 is 1.32 bits per heavy atom. The van der Waals surface area contributed by atoms with Crippen molar-refractivity contribution >= 4 is 11.8 Å². The molecular formula is C17H25N3O2. The van der Waals surface area contributed by atoms with Crippen LogP contribution in [0.25, 0.3) is 0 Å². The van der Waals surface area contributed by atoms with Crippen molar-refractivity contribution in [2.45, 2.75) is 51.7 Å². The molecule has 1 unspecified atom stereocenters. The van der Waals surface area contributed by atoms with Gasteiger partial charge < -0.3 is 16.0 Å². The Balaban J connectivity index is 1.81. The first kappa shape index (κ1) is 16.5. The largest absolute Gasteiger partial charge is 0.351 e. The molecular weight excluding hydrogens is 278 g/mol. The average molecular weight is 303 g/mol. The minimum Gasteiger partial charge on any atom is -0.351 e. The van der Waals surface area contributed by atoms with Crippen LogP contribution >= 0.6 is 0 Å². The maximum atomic E-state index is 11.8. The highest BCUT2D eigenvalue weighted by atomic mass is 16.2. The Bertz CT molecular complexity index is 513. The van der Waals surface area contributed by atoms with Crippen molar-refractivity contribution < 1.29 is 9.59 Å². The van der Waals surface area contributed by atoms with E-state index in [0.717, 1.165) is 30.5 Å². The minimum atomic E-state index is -0.426. The lowest BCUT2D eigenvalue weighted by Crippen LogP contribution is -2.40. The molecule has 1 saturated heterocycles. The molecule has 2 rings (SSSR count). The van der Waals surface area contributed by atoms with Crippen LogP contribution in [0.1, 0.15) is 43.7 Å².